The second-order valence-electron chi connectivity index (χ2n) is 6.40. The molecule has 0 aliphatic carbocycles. The molecule has 0 aromatic heterocycles. The van der Waals surface area contributed by atoms with E-state index in [0.29, 0.717) is 40.7 Å². The minimum absolute atomic E-state index is 0.0399. The summed E-state index contributed by atoms with van der Waals surface area (Å²) in [5, 5.41) is 9.44. The van der Waals surface area contributed by atoms with E-state index in [2.05, 4.69) is 0 Å². The summed E-state index contributed by atoms with van der Waals surface area (Å²) in [5.74, 6) is -0.0399. The summed E-state index contributed by atoms with van der Waals surface area (Å²) in [6, 6.07) is 8.07. The molecule has 0 spiro atoms. The number of carbonyl (C=O) groups is 1. The maximum atomic E-state index is 13.0. The highest BCUT2D eigenvalue weighted by Crippen LogP contribution is 2.50. The van der Waals surface area contributed by atoms with Gasteiger partial charge >= 0.3 is 12.4 Å². The van der Waals surface area contributed by atoms with Crippen molar-refractivity contribution in [3.63, 3.8) is 0 Å². The summed E-state index contributed by atoms with van der Waals surface area (Å²) in [6.45, 7) is 3.68. The van der Waals surface area contributed by atoms with E-state index < -0.39 is 23.5 Å². The van der Waals surface area contributed by atoms with E-state index in [4.69, 9.17) is 0 Å². The predicted octanol–water partition coefficient (Wildman–Crippen LogP) is 5.60. The van der Waals surface area contributed by atoms with Gasteiger partial charge in [-0.2, -0.15) is 26.3 Å². The van der Waals surface area contributed by atoms with Crippen LogP contribution in [0.3, 0.4) is 0 Å². The van der Waals surface area contributed by atoms with Crippen LogP contribution in [-0.4, -0.2) is 23.7 Å². The number of rotatable bonds is 4. The van der Waals surface area contributed by atoms with Crippen LogP contribution in [0.1, 0.15) is 41.3 Å². The lowest BCUT2D eigenvalue weighted by Gasteiger charge is -2.32. The van der Waals surface area contributed by atoms with Crippen molar-refractivity contribution < 1.29 is 36.2 Å². The molecule has 146 valence electrons. The van der Waals surface area contributed by atoms with Gasteiger partial charge in [-0.25, -0.2) is 0 Å². The Balaban J connectivity index is 2.57. The monoisotopic (exact) mass is 390 g/mol. The highest BCUT2D eigenvalue weighted by molar-refractivity contribution is 5.79. The fourth-order valence-electron chi connectivity index (χ4n) is 2.77. The maximum Gasteiger partial charge on any atom is 0.430 e. The fourth-order valence-corrected chi connectivity index (χ4v) is 2.77. The quantitative estimate of drug-likeness (QED) is 0.545. The van der Waals surface area contributed by atoms with Crippen LogP contribution in [0.5, 0.6) is 0 Å². The van der Waals surface area contributed by atoms with Gasteiger partial charge in [0.15, 0.2) is 0 Å². The predicted molar refractivity (Wildman–Crippen MR) is 87.4 cm³/mol. The third kappa shape index (κ3) is 3.71. The lowest BCUT2D eigenvalue weighted by Crippen LogP contribution is -2.53. The summed E-state index contributed by atoms with van der Waals surface area (Å²) in [5.41, 5.74) is -4.21. The van der Waals surface area contributed by atoms with Crippen LogP contribution in [-0.2, 0) is 5.60 Å². The molecule has 0 radical (unpaired) electrons. The molecule has 0 atom stereocenters. The van der Waals surface area contributed by atoms with Crippen molar-refractivity contribution in [2.45, 2.75) is 37.7 Å². The number of halogens is 6. The molecule has 2 nitrogen and oxygen atoms in total. The van der Waals surface area contributed by atoms with Crippen molar-refractivity contribution in [3.05, 3.63) is 59.2 Å². The highest BCUT2D eigenvalue weighted by Gasteiger charge is 2.71. The van der Waals surface area contributed by atoms with Crippen molar-refractivity contribution in [2.75, 3.05) is 0 Å². The molecule has 0 aliphatic heterocycles. The molecule has 1 N–H and O–H groups in total. The van der Waals surface area contributed by atoms with Gasteiger partial charge in [-0.1, -0.05) is 50.2 Å². The molecule has 0 fully saturated rings. The average Bonchev–Trinajstić information content (AvgIpc) is 2.58. The number of alkyl halides is 6. The van der Waals surface area contributed by atoms with Gasteiger partial charge in [-0.15, -0.1) is 0 Å². The molecule has 0 amide bonds. The topological polar surface area (TPSA) is 37.3 Å². The summed E-state index contributed by atoms with van der Waals surface area (Å²) >= 11 is 0. The van der Waals surface area contributed by atoms with E-state index in [-0.39, 0.29) is 5.92 Å². The van der Waals surface area contributed by atoms with Gasteiger partial charge in [0.1, 0.15) is 6.29 Å². The Labute approximate surface area is 151 Å². The number of aliphatic hydroxyl groups is 1. The van der Waals surface area contributed by atoms with Crippen molar-refractivity contribution >= 4 is 6.29 Å². The van der Waals surface area contributed by atoms with Crippen LogP contribution in [0.25, 0.3) is 11.1 Å². The largest absolute Gasteiger partial charge is 0.430 e. The standard InChI is InChI=1S/C19H16F6O2/c1-11(2)16-9-12(10-26)3-8-15(16)13-4-6-14(7-5-13)17(27,18(20,21)22)19(23,24)25/h3-11,27H,1-2H3. The smallest absolute Gasteiger partial charge is 0.369 e. The molecule has 2 rings (SSSR count). The van der Waals surface area contributed by atoms with E-state index in [1.807, 2.05) is 13.8 Å². The zero-order chi connectivity index (χ0) is 20.6. The van der Waals surface area contributed by atoms with Gasteiger partial charge in [0.25, 0.3) is 5.60 Å². The molecule has 27 heavy (non-hydrogen) atoms. The third-order valence-corrected chi connectivity index (χ3v) is 4.27. The first-order valence-corrected chi connectivity index (χ1v) is 7.88. The van der Waals surface area contributed by atoms with E-state index in [1.165, 1.54) is 6.07 Å². The normalized spacial score (nSPS) is 13.1. The Morgan fingerprint density at radius 1 is 0.889 bits per heavy atom. The minimum Gasteiger partial charge on any atom is -0.369 e. The van der Waals surface area contributed by atoms with E-state index >= 15 is 0 Å². The summed E-state index contributed by atoms with van der Waals surface area (Å²) in [6.07, 6.45) is -11.2. The van der Waals surface area contributed by atoms with Crippen LogP contribution >= 0.6 is 0 Å². The minimum atomic E-state index is -5.93. The van der Waals surface area contributed by atoms with Crippen LogP contribution in [0.15, 0.2) is 42.5 Å². The SMILES string of the molecule is CC(C)c1cc(C=O)ccc1-c1ccc(C(O)(C(F)(F)F)C(F)(F)F)cc1. The van der Waals surface area contributed by atoms with Crippen molar-refractivity contribution in [1.29, 1.82) is 0 Å². The molecule has 0 saturated carbocycles. The Morgan fingerprint density at radius 3 is 1.81 bits per heavy atom. The number of hydrogen-bond donors (Lipinski definition) is 1. The molecule has 0 bridgehead atoms. The molecule has 0 aliphatic rings. The fraction of sp³-hybridized carbons (Fsp3) is 0.316. The van der Waals surface area contributed by atoms with E-state index in [1.54, 1.807) is 12.1 Å². The molecule has 2 aromatic carbocycles. The van der Waals surface area contributed by atoms with Crippen LogP contribution < -0.4 is 0 Å². The first-order chi connectivity index (χ1) is 12.3. The number of hydrogen-bond acceptors (Lipinski definition) is 2. The lowest BCUT2D eigenvalue weighted by molar-refractivity contribution is -0.376. The average molecular weight is 390 g/mol. The summed E-state index contributed by atoms with van der Waals surface area (Å²) in [4.78, 5) is 10.9. The highest BCUT2D eigenvalue weighted by atomic mass is 19.4. The van der Waals surface area contributed by atoms with Gasteiger partial charge in [0, 0.05) is 11.1 Å². The van der Waals surface area contributed by atoms with Gasteiger partial charge in [0.05, 0.1) is 0 Å². The molecule has 0 unspecified atom stereocenters. The number of benzene rings is 2. The Morgan fingerprint density at radius 2 is 1.41 bits per heavy atom. The lowest BCUT2D eigenvalue weighted by atomic mass is 9.88. The zero-order valence-electron chi connectivity index (χ0n) is 14.3. The Hall–Kier alpha value is -2.35. The molecular weight excluding hydrogens is 374 g/mol. The molecule has 0 heterocycles. The molecular formula is C19H16F6O2. The van der Waals surface area contributed by atoms with E-state index in [0.717, 1.165) is 12.1 Å². The number of carbonyl (C=O) groups excluding carboxylic acids is 1. The van der Waals surface area contributed by atoms with Crippen molar-refractivity contribution in [3.8, 4) is 11.1 Å². The second kappa shape index (κ2) is 6.99. The van der Waals surface area contributed by atoms with Crippen LogP contribution in [0.4, 0.5) is 26.3 Å². The van der Waals surface area contributed by atoms with Gasteiger partial charge in [0.2, 0.25) is 0 Å². The van der Waals surface area contributed by atoms with Crippen molar-refractivity contribution in [1.82, 2.24) is 0 Å². The van der Waals surface area contributed by atoms with Crippen molar-refractivity contribution in [2.24, 2.45) is 0 Å². The maximum absolute atomic E-state index is 13.0. The molecule has 2 aromatic rings. The second-order valence-corrected chi connectivity index (χ2v) is 6.40. The van der Waals surface area contributed by atoms with Gasteiger partial charge in [-0.3, -0.25) is 4.79 Å². The Bertz CT molecular complexity index is 806. The van der Waals surface area contributed by atoms with Gasteiger partial charge in [-0.05, 0) is 28.7 Å². The van der Waals surface area contributed by atoms with Gasteiger partial charge < -0.3 is 5.11 Å². The number of aldehydes is 1. The molecule has 8 heteroatoms. The summed E-state index contributed by atoms with van der Waals surface area (Å²) in [7, 11) is 0. The van der Waals surface area contributed by atoms with E-state index in [9.17, 15) is 36.2 Å². The summed E-state index contributed by atoms with van der Waals surface area (Å²) < 4.78 is 77.8. The zero-order valence-corrected chi connectivity index (χ0v) is 14.3. The van der Waals surface area contributed by atoms with Crippen LogP contribution in [0.2, 0.25) is 0 Å². The first kappa shape index (κ1) is 21.0. The Kier molecular flexibility index (Phi) is 5.43. The molecule has 0 saturated heterocycles. The van der Waals surface area contributed by atoms with Crippen LogP contribution in [0, 0.1) is 0 Å². The third-order valence-electron chi connectivity index (χ3n) is 4.27. The first-order valence-electron chi connectivity index (χ1n) is 7.88.